The van der Waals surface area contributed by atoms with E-state index in [9.17, 15) is 4.79 Å². The van der Waals surface area contributed by atoms with Crippen molar-refractivity contribution in [3.63, 3.8) is 0 Å². The lowest BCUT2D eigenvalue weighted by Gasteiger charge is -1.96. The normalized spacial score (nSPS) is 12.1. The number of H-pyrrole nitrogens is 2. The number of aromatic nitrogens is 2. The van der Waals surface area contributed by atoms with Gasteiger partial charge in [-0.05, 0) is 42.3 Å². The fraction of sp³-hybridized carbons (Fsp3) is 0.0952. The molecule has 0 unspecified atom stereocenters. The summed E-state index contributed by atoms with van der Waals surface area (Å²) in [6.45, 7) is 6.00. The predicted molar refractivity (Wildman–Crippen MR) is 103 cm³/mol. The van der Waals surface area contributed by atoms with Crippen LogP contribution in [0.4, 0.5) is 0 Å². The largest absolute Gasteiger partial charge is 0.354 e. The number of aromatic amines is 2. The minimum absolute atomic E-state index is 0.0748. The molecule has 4 heteroatoms. The molecule has 0 amide bonds. The highest BCUT2D eigenvalue weighted by atomic mass is 32.1. The number of rotatable bonds is 3. The zero-order chi connectivity index (χ0) is 17.4. The molecule has 3 heterocycles. The summed E-state index contributed by atoms with van der Waals surface area (Å²) in [6, 6.07) is 16.4. The van der Waals surface area contributed by atoms with Gasteiger partial charge in [0.2, 0.25) is 0 Å². The third-order valence-corrected chi connectivity index (χ3v) is 5.46. The van der Waals surface area contributed by atoms with E-state index in [1.807, 2.05) is 24.3 Å². The van der Waals surface area contributed by atoms with E-state index in [-0.39, 0.29) is 5.56 Å². The number of aryl methyl sites for hydroxylation is 1. The number of hydrogen-bond acceptors (Lipinski definition) is 2. The van der Waals surface area contributed by atoms with Gasteiger partial charge in [0.25, 0.3) is 5.56 Å². The van der Waals surface area contributed by atoms with E-state index < -0.39 is 0 Å². The van der Waals surface area contributed by atoms with E-state index in [2.05, 4.69) is 53.8 Å². The van der Waals surface area contributed by atoms with Crippen LogP contribution in [0.15, 0.2) is 53.3 Å². The molecular weight excluding hydrogens is 328 g/mol. The van der Waals surface area contributed by atoms with Crippen LogP contribution in [0.25, 0.3) is 12.7 Å². The molecule has 124 valence electrons. The third-order valence-electron chi connectivity index (χ3n) is 4.27. The first kappa shape index (κ1) is 15.7. The maximum absolute atomic E-state index is 12.3. The molecule has 0 saturated heterocycles. The zero-order valence-electron chi connectivity index (χ0n) is 13.9. The van der Waals surface area contributed by atoms with Crippen LogP contribution in [0.3, 0.4) is 0 Å². The number of hydrogen-bond donors (Lipinski definition) is 2. The second-order valence-electron chi connectivity index (χ2n) is 6.21. The summed E-state index contributed by atoms with van der Waals surface area (Å²) in [7, 11) is 0. The second-order valence-corrected chi connectivity index (χ2v) is 7.38. The van der Waals surface area contributed by atoms with E-state index in [0.717, 1.165) is 27.3 Å². The maximum atomic E-state index is 12.3. The number of benzene rings is 1. The maximum Gasteiger partial charge on any atom is 0.257 e. The van der Waals surface area contributed by atoms with Gasteiger partial charge < -0.3 is 9.97 Å². The molecule has 0 fully saturated rings. The lowest BCUT2D eigenvalue weighted by Crippen LogP contribution is -2.23. The second kappa shape index (κ2) is 6.22. The molecule has 0 saturated carbocycles. The Kier molecular flexibility index (Phi) is 3.90. The Bertz CT molecular complexity index is 1260. The minimum atomic E-state index is -0.0748. The molecule has 3 nitrogen and oxygen atoms in total. The van der Waals surface area contributed by atoms with Crippen molar-refractivity contribution < 1.29 is 0 Å². The van der Waals surface area contributed by atoms with Gasteiger partial charge in [-0.25, -0.2) is 0 Å². The molecular formula is C21H18N2OS. The minimum Gasteiger partial charge on any atom is -0.354 e. The van der Waals surface area contributed by atoms with Crippen molar-refractivity contribution in [1.82, 2.24) is 9.97 Å². The molecule has 0 radical (unpaired) electrons. The van der Waals surface area contributed by atoms with Gasteiger partial charge in [0.05, 0.1) is 15.9 Å². The van der Waals surface area contributed by atoms with Crippen LogP contribution in [0, 0.1) is 17.6 Å². The van der Waals surface area contributed by atoms with E-state index in [1.165, 1.54) is 16.0 Å². The van der Waals surface area contributed by atoms with Gasteiger partial charge in [0.15, 0.2) is 0 Å². The number of nitrogens with one attached hydrogen (secondary N) is 2. The van der Waals surface area contributed by atoms with Crippen molar-refractivity contribution in [1.29, 1.82) is 0 Å². The Hall–Kier alpha value is -2.85. The van der Waals surface area contributed by atoms with Crippen LogP contribution < -0.4 is 16.1 Å². The lowest BCUT2D eigenvalue weighted by atomic mass is 10.1. The highest BCUT2D eigenvalue weighted by Crippen LogP contribution is 2.24. The molecule has 0 atom stereocenters. The van der Waals surface area contributed by atoms with Crippen molar-refractivity contribution in [3.05, 3.63) is 101 Å². The first-order valence-corrected chi connectivity index (χ1v) is 8.97. The van der Waals surface area contributed by atoms with Crippen LogP contribution in [-0.4, -0.2) is 9.97 Å². The summed E-state index contributed by atoms with van der Waals surface area (Å²) in [4.78, 5) is 20.8. The topological polar surface area (TPSA) is 48.6 Å². The summed E-state index contributed by atoms with van der Waals surface area (Å²) in [5.74, 6) is 0. The van der Waals surface area contributed by atoms with E-state index in [0.29, 0.717) is 5.22 Å². The quantitative estimate of drug-likeness (QED) is 0.589. The molecule has 4 rings (SSSR count). The first-order valence-electron chi connectivity index (χ1n) is 8.15. The predicted octanol–water partition coefficient (Wildman–Crippen LogP) is 2.63. The lowest BCUT2D eigenvalue weighted by molar-refractivity contribution is 1.15. The van der Waals surface area contributed by atoms with Crippen molar-refractivity contribution in [2.75, 3.05) is 0 Å². The van der Waals surface area contributed by atoms with Gasteiger partial charge in [-0.3, -0.25) is 4.79 Å². The molecule has 1 aromatic heterocycles. The van der Waals surface area contributed by atoms with Crippen LogP contribution >= 0.6 is 11.3 Å². The average molecular weight is 346 g/mol. The smallest absolute Gasteiger partial charge is 0.257 e. The van der Waals surface area contributed by atoms with Gasteiger partial charge in [-0.2, -0.15) is 0 Å². The standard InChI is InChI=1S/C21H18N2OS/c1-13-10-16(11-15-6-4-3-5-7-15)25-19(13)12-17-20-18(23-21(17)24)9-8-14(2)22-20/h3-10,12,22H,2,11H2,1H3,(H,23,24). The third kappa shape index (κ3) is 3.08. The first-order chi connectivity index (χ1) is 12.1. The molecule has 2 aliphatic rings. The summed E-state index contributed by atoms with van der Waals surface area (Å²) >= 11 is 1.74. The molecule has 25 heavy (non-hydrogen) atoms. The molecule has 2 N–H and O–H groups in total. The van der Waals surface area contributed by atoms with Gasteiger partial charge in [0, 0.05) is 21.5 Å². The zero-order valence-corrected chi connectivity index (χ0v) is 14.7. The van der Waals surface area contributed by atoms with Gasteiger partial charge in [-0.1, -0.05) is 36.9 Å². The van der Waals surface area contributed by atoms with Gasteiger partial charge in [-0.15, -0.1) is 11.3 Å². The fourth-order valence-corrected chi connectivity index (χ4v) is 4.17. The van der Waals surface area contributed by atoms with Crippen molar-refractivity contribution >= 4 is 24.0 Å². The summed E-state index contributed by atoms with van der Waals surface area (Å²) in [5, 5.41) is 3.07. The van der Waals surface area contributed by atoms with E-state index in [4.69, 9.17) is 0 Å². The highest BCUT2D eigenvalue weighted by molar-refractivity contribution is 7.13. The van der Waals surface area contributed by atoms with Gasteiger partial charge in [0.1, 0.15) is 0 Å². The molecule has 0 bridgehead atoms. The Morgan fingerprint density at radius 2 is 1.92 bits per heavy atom. The Morgan fingerprint density at radius 3 is 2.72 bits per heavy atom. The van der Waals surface area contributed by atoms with E-state index in [1.54, 1.807) is 11.3 Å². The van der Waals surface area contributed by atoms with Crippen LogP contribution in [0.1, 0.15) is 20.9 Å². The number of thiophene rings is 1. The Labute approximate surface area is 148 Å². The summed E-state index contributed by atoms with van der Waals surface area (Å²) in [6.07, 6.45) is 2.89. The molecule has 2 aliphatic heterocycles. The summed E-state index contributed by atoms with van der Waals surface area (Å²) in [5.41, 5.74) is 2.41. The molecule has 2 aromatic rings. The molecule has 0 aliphatic carbocycles. The fourth-order valence-electron chi connectivity index (χ4n) is 3.02. The monoisotopic (exact) mass is 346 g/mol. The average Bonchev–Trinajstić information content (AvgIpc) is 3.09. The van der Waals surface area contributed by atoms with Crippen LogP contribution in [0.5, 0.6) is 0 Å². The van der Waals surface area contributed by atoms with E-state index >= 15 is 0 Å². The van der Waals surface area contributed by atoms with Crippen LogP contribution in [0.2, 0.25) is 0 Å². The van der Waals surface area contributed by atoms with Crippen molar-refractivity contribution in [2.24, 2.45) is 0 Å². The molecule has 0 spiro atoms. The van der Waals surface area contributed by atoms with Crippen LogP contribution in [-0.2, 0) is 6.42 Å². The van der Waals surface area contributed by atoms with Crippen molar-refractivity contribution in [3.8, 4) is 0 Å². The Balaban J connectivity index is 1.82. The SMILES string of the molecule is C=c1ccc2[nH]c(=O)c(=Cc3sc(Cc4ccccc4)cc3C)c=2[nH]1. The highest BCUT2D eigenvalue weighted by Gasteiger charge is 2.06. The molecule has 1 aromatic carbocycles. The van der Waals surface area contributed by atoms with Crippen molar-refractivity contribution in [2.45, 2.75) is 13.3 Å². The van der Waals surface area contributed by atoms with Gasteiger partial charge >= 0.3 is 0 Å². The summed E-state index contributed by atoms with van der Waals surface area (Å²) < 4.78 is 0. The Morgan fingerprint density at radius 1 is 1.12 bits per heavy atom.